The van der Waals surface area contributed by atoms with Crippen LogP contribution in [-0.4, -0.2) is 51.7 Å². The Bertz CT molecular complexity index is 478. The highest BCUT2D eigenvalue weighted by molar-refractivity contribution is 14.0. The van der Waals surface area contributed by atoms with Crippen LogP contribution in [0.2, 0.25) is 0 Å². The highest BCUT2D eigenvalue weighted by Crippen LogP contribution is 2.20. The molecule has 0 bridgehead atoms. The van der Waals surface area contributed by atoms with E-state index in [1.165, 1.54) is 5.56 Å². The predicted octanol–water partition coefficient (Wildman–Crippen LogP) is 2.63. The van der Waals surface area contributed by atoms with Crippen molar-refractivity contribution in [2.75, 3.05) is 40.8 Å². The van der Waals surface area contributed by atoms with Crippen LogP contribution in [0.3, 0.4) is 0 Å². The Morgan fingerprint density at radius 2 is 2.00 bits per heavy atom. The summed E-state index contributed by atoms with van der Waals surface area (Å²) in [5.74, 6) is 1.76. The van der Waals surface area contributed by atoms with Crippen LogP contribution in [-0.2, 0) is 6.54 Å². The maximum Gasteiger partial charge on any atom is 0.191 e. The van der Waals surface area contributed by atoms with Gasteiger partial charge in [-0.2, -0.15) is 0 Å². The van der Waals surface area contributed by atoms with Crippen molar-refractivity contribution in [3.05, 3.63) is 29.3 Å². The number of nitrogens with one attached hydrogen (secondary N) is 2. The third-order valence-electron chi connectivity index (χ3n) is 3.27. The quantitative estimate of drug-likeness (QED) is 0.286. The molecule has 6 heteroatoms. The normalized spacial score (nSPS) is 11.1. The van der Waals surface area contributed by atoms with Gasteiger partial charge in [0.1, 0.15) is 5.75 Å². The summed E-state index contributed by atoms with van der Waals surface area (Å²) in [7, 11) is 5.96. The average Bonchev–Trinajstić information content (AvgIpc) is 2.48. The van der Waals surface area contributed by atoms with Gasteiger partial charge in [-0.3, -0.25) is 4.99 Å². The molecule has 0 aromatic heterocycles. The molecule has 0 amide bonds. The minimum atomic E-state index is 0. The molecule has 5 nitrogen and oxygen atoms in total. The molecule has 1 aromatic carbocycles. The number of nitrogens with zero attached hydrogens (tertiary/aromatic N) is 2. The summed E-state index contributed by atoms with van der Waals surface area (Å²) in [6, 6.07) is 6.28. The summed E-state index contributed by atoms with van der Waals surface area (Å²) in [4.78, 5) is 6.43. The van der Waals surface area contributed by atoms with Crippen LogP contribution in [0, 0.1) is 6.92 Å². The Kier molecular flexibility index (Phi) is 11.9. The van der Waals surface area contributed by atoms with Crippen molar-refractivity contribution in [2.45, 2.75) is 26.8 Å². The van der Waals surface area contributed by atoms with Crippen molar-refractivity contribution >= 4 is 29.9 Å². The SMILES string of the molecule is CCOc1cc(C)ccc1CNC(=NC)NCCCN(C)C.I. The molecule has 0 atom stereocenters. The van der Waals surface area contributed by atoms with Gasteiger partial charge in [0, 0.05) is 25.7 Å². The van der Waals surface area contributed by atoms with Crippen LogP contribution >= 0.6 is 24.0 Å². The van der Waals surface area contributed by atoms with Crippen molar-refractivity contribution in [3.8, 4) is 5.75 Å². The lowest BCUT2D eigenvalue weighted by Crippen LogP contribution is -2.38. The van der Waals surface area contributed by atoms with Crippen LogP contribution in [0.25, 0.3) is 0 Å². The largest absolute Gasteiger partial charge is 0.494 e. The minimum Gasteiger partial charge on any atom is -0.494 e. The van der Waals surface area contributed by atoms with E-state index in [9.17, 15) is 0 Å². The number of hydrogen-bond donors (Lipinski definition) is 2. The summed E-state index contributed by atoms with van der Waals surface area (Å²) in [6.45, 7) is 7.42. The smallest absolute Gasteiger partial charge is 0.191 e. The van der Waals surface area contributed by atoms with Gasteiger partial charge in [0.25, 0.3) is 0 Å². The second kappa shape index (κ2) is 12.4. The summed E-state index contributed by atoms with van der Waals surface area (Å²) in [5, 5.41) is 6.67. The van der Waals surface area contributed by atoms with Crippen molar-refractivity contribution < 1.29 is 4.74 Å². The highest BCUT2D eigenvalue weighted by atomic mass is 127. The zero-order chi connectivity index (χ0) is 16.4. The molecule has 2 N–H and O–H groups in total. The van der Waals surface area contributed by atoms with Crippen LogP contribution in [0.15, 0.2) is 23.2 Å². The van der Waals surface area contributed by atoms with E-state index in [2.05, 4.69) is 59.7 Å². The van der Waals surface area contributed by atoms with Crippen LogP contribution in [0.1, 0.15) is 24.5 Å². The summed E-state index contributed by atoms with van der Waals surface area (Å²) >= 11 is 0. The van der Waals surface area contributed by atoms with E-state index < -0.39 is 0 Å². The second-order valence-electron chi connectivity index (χ2n) is 5.55. The molecule has 1 aromatic rings. The van der Waals surface area contributed by atoms with Gasteiger partial charge in [0.05, 0.1) is 6.61 Å². The van der Waals surface area contributed by atoms with Gasteiger partial charge in [-0.25, -0.2) is 0 Å². The lowest BCUT2D eigenvalue weighted by atomic mass is 10.1. The molecule has 0 aliphatic rings. The first-order chi connectivity index (χ1) is 10.6. The van der Waals surface area contributed by atoms with E-state index in [0.717, 1.165) is 36.8 Å². The molecule has 23 heavy (non-hydrogen) atoms. The molecular formula is C17H31IN4O. The molecule has 0 radical (unpaired) electrons. The molecule has 132 valence electrons. The fourth-order valence-corrected chi connectivity index (χ4v) is 2.10. The molecule has 0 saturated carbocycles. The van der Waals surface area contributed by atoms with Crippen molar-refractivity contribution in [2.24, 2.45) is 4.99 Å². The number of ether oxygens (including phenoxy) is 1. The van der Waals surface area contributed by atoms with Crippen LogP contribution < -0.4 is 15.4 Å². The summed E-state index contributed by atoms with van der Waals surface area (Å²) < 4.78 is 5.70. The Morgan fingerprint density at radius 1 is 1.26 bits per heavy atom. The molecule has 0 aliphatic heterocycles. The third kappa shape index (κ3) is 9.00. The number of aliphatic imine (C=N–C) groups is 1. The first-order valence-electron chi connectivity index (χ1n) is 7.88. The van der Waals surface area contributed by atoms with E-state index in [1.54, 1.807) is 7.05 Å². The zero-order valence-electron chi connectivity index (χ0n) is 15.0. The van der Waals surface area contributed by atoms with Crippen LogP contribution in [0.5, 0.6) is 5.75 Å². The van der Waals surface area contributed by atoms with E-state index in [4.69, 9.17) is 4.74 Å². The Labute approximate surface area is 157 Å². The number of benzene rings is 1. The Morgan fingerprint density at radius 3 is 2.61 bits per heavy atom. The van der Waals surface area contributed by atoms with Crippen molar-refractivity contribution in [3.63, 3.8) is 0 Å². The van der Waals surface area contributed by atoms with Gasteiger partial charge in [0.2, 0.25) is 0 Å². The van der Waals surface area contributed by atoms with Gasteiger partial charge in [-0.15, -0.1) is 24.0 Å². The zero-order valence-corrected chi connectivity index (χ0v) is 17.3. The Hall–Kier alpha value is -1.02. The molecule has 0 fully saturated rings. The number of halogens is 1. The fraction of sp³-hybridized carbons (Fsp3) is 0.588. The van der Waals surface area contributed by atoms with Gasteiger partial charge in [-0.1, -0.05) is 12.1 Å². The lowest BCUT2D eigenvalue weighted by molar-refractivity contribution is 0.336. The molecule has 0 saturated heterocycles. The fourth-order valence-electron chi connectivity index (χ4n) is 2.10. The number of hydrogen-bond acceptors (Lipinski definition) is 3. The molecular weight excluding hydrogens is 403 g/mol. The van der Waals surface area contributed by atoms with Gasteiger partial charge in [0.15, 0.2) is 5.96 Å². The summed E-state index contributed by atoms with van der Waals surface area (Å²) in [6.07, 6.45) is 1.09. The average molecular weight is 434 g/mol. The topological polar surface area (TPSA) is 48.9 Å². The van der Waals surface area contributed by atoms with E-state index in [0.29, 0.717) is 13.2 Å². The minimum absolute atomic E-state index is 0. The Balaban J connectivity index is 0.00000484. The molecule has 0 spiro atoms. The van der Waals surface area contributed by atoms with E-state index in [-0.39, 0.29) is 24.0 Å². The molecule has 0 heterocycles. The standard InChI is InChI=1S/C17H30N4O.HI/c1-6-22-16-12-14(2)8-9-15(16)13-20-17(18-3)19-10-7-11-21(4)5;/h8-9,12H,6-7,10-11,13H2,1-5H3,(H2,18,19,20);1H. The summed E-state index contributed by atoms with van der Waals surface area (Å²) in [5.41, 5.74) is 2.35. The van der Waals surface area contributed by atoms with Crippen LogP contribution in [0.4, 0.5) is 0 Å². The maximum atomic E-state index is 5.70. The number of rotatable bonds is 8. The van der Waals surface area contributed by atoms with E-state index >= 15 is 0 Å². The number of guanidine groups is 1. The molecule has 0 aliphatic carbocycles. The molecule has 0 unspecified atom stereocenters. The third-order valence-corrected chi connectivity index (χ3v) is 3.27. The number of aryl methyl sites for hydroxylation is 1. The monoisotopic (exact) mass is 434 g/mol. The van der Waals surface area contributed by atoms with Gasteiger partial charge in [-0.05, 0) is 52.5 Å². The predicted molar refractivity (Wildman–Crippen MR) is 109 cm³/mol. The first-order valence-corrected chi connectivity index (χ1v) is 7.88. The van der Waals surface area contributed by atoms with Gasteiger partial charge < -0.3 is 20.3 Å². The first kappa shape index (κ1) is 22.0. The van der Waals surface area contributed by atoms with E-state index in [1.807, 2.05) is 6.92 Å². The maximum absolute atomic E-state index is 5.70. The van der Waals surface area contributed by atoms with Crippen molar-refractivity contribution in [1.29, 1.82) is 0 Å². The second-order valence-corrected chi connectivity index (χ2v) is 5.55. The molecule has 1 rings (SSSR count). The van der Waals surface area contributed by atoms with Gasteiger partial charge >= 0.3 is 0 Å². The highest BCUT2D eigenvalue weighted by Gasteiger charge is 2.05. The van der Waals surface area contributed by atoms with Crippen molar-refractivity contribution in [1.82, 2.24) is 15.5 Å². The lowest BCUT2D eigenvalue weighted by Gasteiger charge is -2.15.